The van der Waals surface area contributed by atoms with Crippen LogP contribution >= 0.6 is 11.6 Å². The molecular weight excluding hydrogens is 450 g/mol. The number of rotatable bonds is 8. The Balaban J connectivity index is 1.85. The van der Waals surface area contributed by atoms with Crippen LogP contribution in [0.5, 0.6) is 0 Å². The van der Waals surface area contributed by atoms with E-state index in [-0.39, 0.29) is 11.4 Å². The van der Waals surface area contributed by atoms with Crippen LogP contribution in [0.1, 0.15) is 21.5 Å². The molecule has 0 aliphatic carbocycles. The molecule has 0 radical (unpaired) electrons. The van der Waals surface area contributed by atoms with Crippen LogP contribution in [0.25, 0.3) is 0 Å². The highest BCUT2D eigenvalue weighted by Crippen LogP contribution is 2.21. The Morgan fingerprint density at radius 1 is 1.00 bits per heavy atom. The fourth-order valence-electron chi connectivity index (χ4n) is 3.07. The SMILES string of the molecule is Cc1cccc(CN(CC(=O)Nc2ccc(C(N)=O)cc2)S(=O)(=O)c2ccc(Cl)cc2)c1. The van der Waals surface area contributed by atoms with E-state index in [0.717, 1.165) is 15.4 Å². The average molecular weight is 472 g/mol. The monoisotopic (exact) mass is 471 g/mol. The molecule has 0 heterocycles. The van der Waals surface area contributed by atoms with Gasteiger partial charge in [-0.2, -0.15) is 4.31 Å². The molecule has 166 valence electrons. The topological polar surface area (TPSA) is 110 Å². The van der Waals surface area contributed by atoms with Gasteiger partial charge in [-0.15, -0.1) is 0 Å². The van der Waals surface area contributed by atoms with Crippen molar-refractivity contribution in [2.24, 2.45) is 5.73 Å². The second kappa shape index (κ2) is 9.95. The summed E-state index contributed by atoms with van der Waals surface area (Å²) in [6, 6.07) is 19.2. The summed E-state index contributed by atoms with van der Waals surface area (Å²) in [6.07, 6.45) is 0. The number of aryl methyl sites for hydroxylation is 1. The average Bonchev–Trinajstić information content (AvgIpc) is 2.74. The van der Waals surface area contributed by atoms with Gasteiger partial charge in [0.05, 0.1) is 11.4 Å². The normalized spacial score (nSPS) is 11.3. The predicted octanol–water partition coefficient (Wildman–Crippen LogP) is 3.58. The molecule has 0 aliphatic heterocycles. The van der Waals surface area contributed by atoms with Gasteiger partial charge in [0.2, 0.25) is 21.8 Å². The van der Waals surface area contributed by atoms with Crippen LogP contribution in [0.15, 0.2) is 77.7 Å². The molecule has 3 aromatic rings. The van der Waals surface area contributed by atoms with Crippen LogP contribution in [0.3, 0.4) is 0 Å². The van der Waals surface area contributed by atoms with Gasteiger partial charge in [0.1, 0.15) is 0 Å². The maximum absolute atomic E-state index is 13.3. The van der Waals surface area contributed by atoms with E-state index in [1.54, 1.807) is 6.07 Å². The summed E-state index contributed by atoms with van der Waals surface area (Å²) in [6.45, 7) is 1.52. The molecule has 2 amide bonds. The third-order valence-corrected chi connectivity index (χ3v) is 6.72. The molecule has 0 spiro atoms. The lowest BCUT2D eigenvalue weighted by Gasteiger charge is -2.22. The van der Waals surface area contributed by atoms with Crippen molar-refractivity contribution < 1.29 is 18.0 Å². The fraction of sp³-hybridized carbons (Fsp3) is 0.130. The zero-order valence-corrected chi connectivity index (χ0v) is 18.9. The smallest absolute Gasteiger partial charge is 0.248 e. The molecule has 0 bridgehead atoms. The molecule has 3 rings (SSSR count). The van der Waals surface area contributed by atoms with E-state index in [1.165, 1.54) is 48.5 Å². The van der Waals surface area contributed by atoms with Crippen molar-refractivity contribution in [3.8, 4) is 0 Å². The van der Waals surface area contributed by atoms with Gasteiger partial charge in [-0.1, -0.05) is 41.4 Å². The third-order valence-electron chi connectivity index (χ3n) is 4.67. The first-order chi connectivity index (χ1) is 15.1. The summed E-state index contributed by atoms with van der Waals surface area (Å²) in [5, 5.41) is 3.06. The second-order valence-corrected chi connectivity index (χ2v) is 9.58. The molecule has 0 unspecified atom stereocenters. The number of nitrogens with zero attached hydrogens (tertiary/aromatic N) is 1. The zero-order chi connectivity index (χ0) is 23.3. The summed E-state index contributed by atoms with van der Waals surface area (Å²) in [5.74, 6) is -1.11. The largest absolute Gasteiger partial charge is 0.366 e. The number of nitrogens with two attached hydrogens (primary N) is 1. The Kier molecular flexibility index (Phi) is 7.29. The van der Waals surface area contributed by atoms with E-state index in [4.69, 9.17) is 17.3 Å². The lowest BCUT2D eigenvalue weighted by Crippen LogP contribution is -2.37. The highest BCUT2D eigenvalue weighted by molar-refractivity contribution is 7.89. The molecule has 9 heteroatoms. The standard InChI is InChI=1S/C23H22ClN3O4S/c1-16-3-2-4-17(13-16)14-27(32(30,31)21-11-7-19(24)8-12-21)15-22(28)26-20-9-5-18(6-10-20)23(25)29/h2-13H,14-15H2,1H3,(H2,25,29)(H,26,28). The van der Waals surface area contributed by atoms with Crippen LogP contribution in [-0.2, 0) is 21.4 Å². The van der Waals surface area contributed by atoms with Crippen LogP contribution in [0.4, 0.5) is 5.69 Å². The minimum Gasteiger partial charge on any atom is -0.366 e. The van der Waals surface area contributed by atoms with Crippen LogP contribution in [0, 0.1) is 6.92 Å². The second-order valence-electron chi connectivity index (χ2n) is 7.21. The van der Waals surface area contributed by atoms with Crippen molar-refractivity contribution in [1.82, 2.24) is 4.31 Å². The first kappa shape index (κ1) is 23.5. The number of carbonyl (C=O) groups is 2. The van der Waals surface area contributed by atoms with Gasteiger partial charge in [-0.3, -0.25) is 9.59 Å². The minimum atomic E-state index is -3.98. The fourth-order valence-corrected chi connectivity index (χ4v) is 4.58. The Labute approximate surface area is 191 Å². The Morgan fingerprint density at radius 3 is 2.25 bits per heavy atom. The lowest BCUT2D eigenvalue weighted by atomic mass is 10.1. The molecule has 0 fully saturated rings. The predicted molar refractivity (Wildman–Crippen MR) is 124 cm³/mol. The summed E-state index contributed by atoms with van der Waals surface area (Å²) in [4.78, 5) is 23.9. The lowest BCUT2D eigenvalue weighted by molar-refractivity contribution is -0.116. The molecule has 0 saturated carbocycles. The van der Waals surface area contributed by atoms with Crippen molar-refractivity contribution in [3.63, 3.8) is 0 Å². The quantitative estimate of drug-likeness (QED) is 0.523. The van der Waals surface area contributed by atoms with Crippen molar-refractivity contribution in [3.05, 3.63) is 94.5 Å². The van der Waals surface area contributed by atoms with E-state index in [1.807, 2.05) is 25.1 Å². The maximum Gasteiger partial charge on any atom is 0.248 e. The Morgan fingerprint density at radius 2 is 1.66 bits per heavy atom. The minimum absolute atomic E-state index is 0.0146. The maximum atomic E-state index is 13.3. The van der Waals surface area contributed by atoms with E-state index < -0.39 is 28.4 Å². The van der Waals surface area contributed by atoms with Gasteiger partial charge in [0.25, 0.3) is 0 Å². The molecule has 0 saturated heterocycles. The molecule has 0 atom stereocenters. The number of primary amides is 1. The zero-order valence-electron chi connectivity index (χ0n) is 17.3. The number of carbonyl (C=O) groups excluding carboxylic acids is 2. The van der Waals surface area contributed by atoms with Gasteiger partial charge >= 0.3 is 0 Å². The van der Waals surface area contributed by atoms with Crippen molar-refractivity contribution >= 4 is 39.1 Å². The summed E-state index contributed by atoms with van der Waals surface area (Å²) < 4.78 is 27.7. The summed E-state index contributed by atoms with van der Waals surface area (Å²) in [7, 11) is -3.98. The van der Waals surface area contributed by atoms with Crippen molar-refractivity contribution in [2.45, 2.75) is 18.4 Å². The van der Waals surface area contributed by atoms with Gasteiger partial charge in [-0.25, -0.2) is 8.42 Å². The number of hydrogen-bond acceptors (Lipinski definition) is 4. The van der Waals surface area contributed by atoms with Gasteiger partial charge in [-0.05, 0) is 61.0 Å². The molecule has 0 aliphatic rings. The van der Waals surface area contributed by atoms with Crippen LogP contribution in [0.2, 0.25) is 5.02 Å². The number of sulfonamides is 1. The highest BCUT2D eigenvalue weighted by Gasteiger charge is 2.27. The molecule has 0 aromatic heterocycles. The number of anilines is 1. The van der Waals surface area contributed by atoms with Crippen LogP contribution in [-0.4, -0.2) is 31.1 Å². The van der Waals surface area contributed by atoms with Gasteiger partial charge < -0.3 is 11.1 Å². The van der Waals surface area contributed by atoms with E-state index in [9.17, 15) is 18.0 Å². The third kappa shape index (κ3) is 5.94. The highest BCUT2D eigenvalue weighted by atomic mass is 35.5. The van der Waals surface area contributed by atoms with Gasteiger partial charge in [0, 0.05) is 22.8 Å². The summed E-state index contributed by atoms with van der Waals surface area (Å²) >= 11 is 5.89. The number of benzene rings is 3. The summed E-state index contributed by atoms with van der Waals surface area (Å²) in [5.41, 5.74) is 7.66. The Bertz CT molecular complexity index is 1230. The number of nitrogens with one attached hydrogen (secondary N) is 1. The number of amides is 2. The molecule has 3 aromatic carbocycles. The van der Waals surface area contributed by atoms with Gasteiger partial charge in [0.15, 0.2) is 0 Å². The molecule has 32 heavy (non-hydrogen) atoms. The van der Waals surface area contributed by atoms with Crippen molar-refractivity contribution in [1.29, 1.82) is 0 Å². The Hall–Kier alpha value is -3.20. The van der Waals surface area contributed by atoms with E-state index in [0.29, 0.717) is 16.3 Å². The van der Waals surface area contributed by atoms with Crippen molar-refractivity contribution in [2.75, 3.05) is 11.9 Å². The van der Waals surface area contributed by atoms with E-state index >= 15 is 0 Å². The molecular formula is C23H22ClN3O4S. The first-order valence-electron chi connectivity index (χ1n) is 9.66. The number of hydrogen-bond donors (Lipinski definition) is 2. The molecule has 3 N–H and O–H groups in total. The first-order valence-corrected chi connectivity index (χ1v) is 11.5. The van der Waals surface area contributed by atoms with Crippen LogP contribution < -0.4 is 11.1 Å². The van der Waals surface area contributed by atoms with E-state index in [2.05, 4.69) is 5.32 Å². The number of halogens is 1. The molecule has 7 nitrogen and oxygen atoms in total.